The molecule has 2 aliphatic rings. The van der Waals surface area contributed by atoms with Gasteiger partial charge < -0.3 is 14.7 Å². The van der Waals surface area contributed by atoms with Crippen molar-refractivity contribution in [1.82, 2.24) is 0 Å². The number of rotatable bonds is 2. The molecular formula is C16H19NO4. The molecular weight excluding hydrogens is 270 g/mol. The Hall–Kier alpha value is -1.88. The van der Waals surface area contributed by atoms with E-state index in [0.29, 0.717) is 13.2 Å². The van der Waals surface area contributed by atoms with Gasteiger partial charge in [-0.25, -0.2) is 4.79 Å². The average molecular weight is 289 g/mol. The Labute approximate surface area is 123 Å². The predicted molar refractivity (Wildman–Crippen MR) is 77.7 cm³/mol. The van der Waals surface area contributed by atoms with E-state index >= 15 is 0 Å². The van der Waals surface area contributed by atoms with Crippen LogP contribution in [0.15, 0.2) is 18.2 Å². The molecule has 1 aromatic rings. The highest BCUT2D eigenvalue weighted by atomic mass is 16.5. The maximum absolute atomic E-state index is 12.6. The molecule has 1 fully saturated rings. The number of carboxylic acids is 1. The second-order valence-corrected chi connectivity index (χ2v) is 5.60. The van der Waals surface area contributed by atoms with E-state index in [0.717, 1.165) is 43.4 Å². The van der Waals surface area contributed by atoms with Crippen molar-refractivity contribution in [3.63, 3.8) is 0 Å². The molecule has 3 rings (SSSR count). The minimum atomic E-state index is -0.933. The molecule has 5 nitrogen and oxygen atoms in total. The van der Waals surface area contributed by atoms with Crippen LogP contribution in [0.25, 0.3) is 0 Å². The second kappa shape index (κ2) is 5.85. The Balaban J connectivity index is 1.86. The first kappa shape index (κ1) is 14.1. The Morgan fingerprint density at radius 3 is 2.81 bits per heavy atom. The summed E-state index contributed by atoms with van der Waals surface area (Å²) in [6.07, 6.45) is 4.14. The lowest BCUT2D eigenvalue weighted by molar-refractivity contribution is -0.132. The number of carbonyl (C=O) groups is 2. The highest BCUT2D eigenvalue weighted by Crippen LogP contribution is 2.30. The van der Waals surface area contributed by atoms with Crippen molar-refractivity contribution >= 4 is 17.6 Å². The minimum absolute atomic E-state index is 0.0127. The number of carboxylic acid groups (broad SMARTS) is 1. The summed E-state index contributed by atoms with van der Waals surface area (Å²) < 4.78 is 5.58. The number of carbonyl (C=O) groups excluding carboxylic acids is 1. The fourth-order valence-electron chi connectivity index (χ4n) is 3.07. The van der Waals surface area contributed by atoms with Gasteiger partial charge >= 0.3 is 5.97 Å². The minimum Gasteiger partial charge on any atom is -0.478 e. The number of fused-ring (bicyclic) bond motifs is 1. The Kier molecular flexibility index (Phi) is 3.92. The first-order chi connectivity index (χ1) is 10.2. The van der Waals surface area contributed by atoms with Gasteiger partial charge in [0.2, 0.25) is 0 Å². The standard InChI is InChI=1S/C16H19NO4/c18-15(14-5-1-2-9-21-14)17-8-3-4-11-10-12(16(19)20)6-7-13(11)17/h6-7,10,14H,1-5,8-9H2,(H,19,20). The summed E-state index contributed by atoms with van der Waals surface area (Å²) in [6.45, 7) is 1.33. The summed E-state index contributed by atoms with van der Waals surface area (Å²) in [7, 11) is 0. The summed E-state index contributed by atoms with van der Waals surface area (Å²) >= 11 is 0. The summed E-state index contributed by atoms with van der Waals surface area (Å²) in [5, 5.41) is 9.06. The van der Waals surface area contributed by atoms with E-state index in [2.05, 4.69) is 0 Å². The van der Waals surface area contributed by atoms with Crippen LogP contribution in [-0.2, 0) is 16.0 Å². The highest BCUT2D eigenvalue weighted by Gasteiger charge is 2.30. The van der Waals surface area contributed by atoms with Crippen LogP contribution in [0.3, 0.4) is 0 Å². The van der Waals surface area contributed by atoms with Crippen LogP contribution in [0.2, 0.25) is 0 Å². The van der Waals surface area contributed by atoms with Crippen LogP contribution >= 0.6 is 0 Å². The number of nitrogens with zero attached hydrogens (tertiary/aromatic N) is 1. The molecule has 2 aliphatic heterocycles. The third kappa shape index (κ3) is 2.78. The molecule has 1 N–H and O–H groups in total. The van der Waals surface area contributed by atoms with Crippen LogP contribution in [-0.4, -0.2) is 36.2 Å². The summed E-state index contributed by atoms with van der Waals surface area (Å²) in [5.74, 6) is -0.921. The molecule has 21 heavy (non-hydrogen) atoms. The van der Waals surface area contributed by atoms with Gasteiger partial charge in [-0.05, 0) is 55.9 Å². The summed E-state index contributed by atoms with van der Waals surface area (Å²) in [6, 6.07) is 4.99. The molecule has 0 radical (unpaired) electrons. The molecule has 112 valence electrons. The molecule has 0 aliphatic carbocycles. The van der Waals surface area contributed by atoms with E-state index in [9.17, 15) is 9.59 Å². The van der Waals surface area contributed by atoms with Gasteiger partial charge in [0.15, 0.2) is 0 Å². The van der Waals surface area contributed by atoms with Gasteiger partial charge in [-0.15, -0.1) is 0 Å². The number of ether oxygens (including phenoxy) is 1. The Bertz CT molecular complexity index is 563. The second-order valence-electron chi connectivity index (χ2n) is 5.60. The van der Waals surface area contributed by atoms with Crippen molar-refractivity contribution in [2.45, 2.75) is 38.2 Å². The van der Waals surface area contributed by atoms with E-state index in [1.165, 1.54) is 0 Å². The van der Waals surface area contributed by atoms with Gasteiger partial charge in [0.25, 0.3) is 5.91 Å². The maximum Gasteiger partial charge on any atom is 0.335 e. The van der Waals surface area contributed by atoms with E-state index < -0.39 is 5.97 Å². The third-order valence-electron chi connectivity index (χ3n) is 4.17. The molecule has 1 amide bonds. The van der Waals surface area contributed by atoms with Crippen LogP contribution in [0.5, 0.6) is 0 Å². The van der Waals surface area contributed by atoms with Gasteiger partial charge in [0.05, 0.1) is 5.56 Å². The van der Waals surface area contributed by atoms with E-state index in [1.807, 2.05) is 0 Å². The van der Waals surface area contributed by atoms with Crippen molar-refractivity contribution in [3.8, 4) is 0 Å². The van der Waals surface area contributed by atoms with Gasteiger partial charge in [0, 0.05) is 18.8 Å². The van der Waals surface area contributed by atoms with Crippen LogP contribution in [0, 0.1) is 0 Å². The van der Waals surface area contributed by atoms with E-state index in [-0.39, 0.29) is 17.6 Å². The average Bonchev–Trinajstić information content (AvgIpc) is 2.54. The molecule has 0 aromatic heterocycles. The first-order valence-corrected chi connectivity index (χ1v) is 7.46. The maximum atomic E-state index is 12.6. The monoisotopic (exact) mass is 289 g/mol. The smallest absolute Gasteiger partial charge is 0.335 e. The lowest BCUT2D eigenvalue weighted by Crippen LogP contribution is -2.44. The summed E-state index contributed by atoms with van der Waals surface area (Å²) in [5.41, 5.74) is 2.05. The molecule has 0 spiro atoms. The predicted octanol–water partition coefficient (Wildman–Crippen LogP) is 2.23. The molecule has 0 saturated carbocycles. The third-order valence-corrected chi connectivity index (χ3v) is 4.17. The van der Waals surface area contributed by atoms with E-state index in [4.69, 9.17) is 9.84 Å². The van der Waals surface area contributed by atoms with E-state index in [1.54, 1.807) is 23.1 Å². The lowest BCUT2D eigenvalue weighted by atomic mass is 9.98. The zero-order chi connectivity index (χ0) is 14.8. The van der Waals surface area contributed by atoms with Crippen molar-refractivity contribution in [2.75, 3.05) is 18.1 Å². The number of aryl methyl sites for hydroxylation is 1. The fraction of sp³-hybridized carbons (Fsp3) is 0.500. The zero-order valence-electron chi connectivity index (χ0n) is 11.9. The molecule has 1 saturated heterocycles. The van der Waals surface area contributed by atoms with Crippen LogP contribution in [0.4, 0.5) is 5.69 Å². The number of benzene rings is 1. The molecule has 5 heteroatoms. The van der Waals surface area contributed by atoms with Crippen molar-refractivity contribution in [3.05, 3.63) is 29.3 Å². The molecule has 2 heterocycles. The first-order valence-electron chi connectivity index (χ1n) is 7.46. The number of amides is 1. The van der Waals surface area contributed by atoms with Gasteiger partial charge in [-0.1, -0.05) is 0 Å². The molecule has 0 bridgehead atoms. The van der Waals surface area contributed by atoms with Gasteiger partial charge in [0.1, 0.15) is 6.10 Å². The van der Waals surface area contributed by atoms with Gasteiger partial charge in [-0.3, -0.25) is 4.79 Å². The quantitative estimate of drug-likeness (QED) is 0.906. The molecule has 1 unspecified atom stereocenters. The fourth-order valence-corrected chi connectivity index (χ4v) is 3.07. The number of anilines is 1. The van der Waals surface area contributed by atoms with Crippen LogP contribution in [0.1, 0.15) is 41.6 Å². The SMILES string of the molecule is O=C(O)c1ccc2c(c1)CCCN2C(=O)C1CCCCO1. The zero-order valence-corrected chi connectivity index (χ0v) is 11.9. The topological polar surface area (TPSA) is 66.8 Å². The Morgan fingerprint density at radius 2 is 2.10 bits per heavy atom. The highest BCUT2D eigenvalue weighted by molar-refractivity contribution is 5.98. The summed E-state index contributed by atoms with van der Waals surface area (Å²) in [4.78, 5) is 25.4. The normalized spacial score (nSPS) is 21.7. The van der Waals surface area contributed by atoms with Gasteiger partial charge in [-0.2, -0.15) is 0 Å². The molecule has 1 aromatic carbocycles. The van der Waals surface area contributed by atoms with Crippen molar-refractivity contribution in [1.29, 1.82) is 0 Å². The molecule has 1 atom stereocenters. The number of hydrogen-bond donors (Lipinski definition) is 1. The number of hydrogen-bond acceptors (Lipinski definition) is 3. The van der Waals surface area contributed by atoms with Crippen molar-refractivity contribution in [2.24, 2.45) is 0 Å². The number of aromatic carboxylic acids is 1. The largest absolute Gasteiger partial charge is 0.478 e. The van der Waals surface area contributed by atoms with Crippen LogP contribution < -0.4 is 4.90 Å². The Morgan fingerprint density at radius 1 is 1.24 bits per heavy atom. The lowest BCUT2D eigenvalue weighted by Gasteiger charge is -2.33. The van der Waals surface area contributed by atoms with Crippen molar-refractivity contribution < 1.29 is 19.4 Å².